The molecule has 0 aromatic carbocycles. The Morgan fingerprint density at radius 1 is 1.55 bits per heavy atom. The van der Waals surface area contributed by atoms with Gasteiger partial charge in [-0.1, -0.05) is 6.92 Å². The number of hydrogen-bond acceptors (Lipinski definition) is 6. The predicted molar refractivity (Wildman–Crippen MR) is 68.7 cm³/mol. The zero-order chi connectivity index (χ0) is 14.7. The van der Waals surface area contributed by atoms with Gasteiger partial charge in [0, 0.05) is 6.42 Å². The first kappa shape index (κ1) is 14.8. The minimum absolute atomic E-state index is 0.0250. The molecule has 1 aliphatic heterocycles. The van der Waals surface area contributed by atoms with Gasteiger partial charge in [0.05, 0.1) is 25.5 Å². The third kappa shape index (κ3) is 2.92. The fourth-order valence-corrected chi connectivity index (χ4v) is 2.05. The summed E-state index contributed by atoms with van der Waals surface area (Å²) in [5.74, 6) is 0.0250. The quantitative estimate of drug-likeness (QED) is 0.637. The average molecular weight is 286 g/mol. The molecule has 112 valence electrons. The molecule has 2 heterocycles. The van der Waals surface area contributed by atoms with Gasteiger partial charge in [-0.15, -0.1) is 0 Å². The lowest BCUT2D eigenvalue weighted by atomic mass is 10.2. The van der Waals surface area contributed by atoms with Crippen LogP contribution >= 0.6 is 0 Å². The average Bonchev–Trinajstić information content (AvgIpc) is 2.79. The number of rotatable bonds is 5. The van der Waals surface area contributed by atoms with Gasteiger partial charge in [-0.3, -0.25) is 14.3 Å². The van der Waals surface area contributed by atoms with Crippen LogP contribution in [0.3, 0.4) is 0 Å². The van der Waals surface area contributed by atoms with Crippen molar-refractivity contribution in [2.24, 2.45) is 0 Å². The Morgan fingerprint density at radius 2 is 2.30 bits per heavy atom. The minimum Gasteiger partial charge on any atom is -0.487 e. The first-order valence-electron chi connectivity index (χ1n) is 6.49. The highest BCUT2D eigenvalue weighted by atomic mass is 16.5. The number of hydrogen-bond donors (Lipinski definition) is 3. The highest BCUT2D eigenvalue weighted by Crippen LogP contribution is 2.27. The van der Waals surface area contributed by atoms with Crippen LogP contribution in [0.15, 0.2) is 15.8 Å². The van der Waals surface area contributed by atoms with Crippen molar-refractivity contribution in [2.45, 2.75) is 38.2 Å². The third-order valence-electron chi connectivity index (χ3n) is 3.09. The molecule has 1 aliphatic rings. The van der Waals surface area contributed by atoms with Crippen LogP contribution in [0.4, 0.5) is 0 Å². The van der Waals surface area contributed by atoms with E-state index in [9.17, 15) is 14.7 Å². The van der Waals surface area contributed by atoms with Crippen LogP contribution in [0.2, 0.25) is 0 Å². The van der Waals surface area contributed by atoms with Gasteiger partial charge in [0.2, 0.25) is 5.75 Å². The lowest BCUT2D eigenvalue weighted by Gasteiger charge is -2.15. The van der Waals surface area contributed by atoms with Gasteiger partial charge in [0.25, 0.3) is 5.56 Å². The Kier molecular flexibility index (Phi) is 4.58. The van der Waals surface area contributed by atoms with Crippen molar-refractivity contribution in [2.75, 3.05) is 13.2 Å². The van der Waals surface area contributed by atoms with Gasteiger partial charge in [-0.2, -0.15) is 0 Å². The second-order valence-electron chi connectivity index (χ2n) is 4.62. The maximum absolute atomic E-state index is 11.8. The molecule has 20 heavy (non-hydrogen) atoms. The summed E-state index contributed by atoms with van der Waals surface area (Å²) >= 11 is 0. The van der Waals surface area contributed by atoms with Gasteiger partial charge in [0.15, 0.2) is 0 Å². The summed E-state index contributed by atoms with van der Waals surface area (Å²) in [5.41, 5.74) is -1.24. The molecule has 0 aliphatic carbocycles. The molecule has 1 aromatic rings. The number of aliphatic hydroxyl groups is 2. The molecule has 1 saturated heterocycles. The van der Waals surface area contributed by atoms with Gasteiger partial charge in [0.1, 0.15) is 12.3 Å². The molecule has 3 N–H and O–H groups in total. The summed E-state index contributed by atoms with van der Waals surface area (Å²) in [6, 6.07) is 0. The lowest BCUT2D eigenvalue weighted by Crippen LogP contribution is -2.33. The molecule has 0 radical (unpaired) electrons. The number of aromatic amines is 1. The molecule has 3 atom stereocenters. The Morgan fingerprint density at radius 3 is 2.90 bits per heavy atom. The van der Waals surface area contributed by atoms with Crippen LogP contribution in [0.5, 0.6) is 5.75 Å². The number of aliphatic hydroxyl groups excluding tert-OH is 2. The molecule has 1 unspecified atom stereocenters. The Hall–Kier alpha value is -1.64. The second-order valence-corrected chi connectivity index (χ2v) is 4.62. The molecule has 0 spiro atoms. The second kappa shape index (κ2) is 6.21. The van der Waals surface area contributed by atoms with Crippen molar-refractivity contribution in [3.8, 4) is 5.75 Å². The molecule has 8 nitrogen and oxygen atoms in total. The van der Waals surface area contributed by atoms with Crippen LogP contribution in [-0.4, -0.2) is 45.2 Å². The van der Waals surface area contributed by atoms with Gasteiger partial charge in [-0.05, 0) is 6.42 Å². The van der Waals surface area contributed by atoms with Crippen LogP contribution < -0.4 is 16.0 Å². The van der Waals surface area contributed by atoms with Gasteiger partial charge in [-0.25, -0.2) is 4.79 Å². The van der Waals surface area contributed by atoms with E-state index in [-0.39, 0.29) is 18.8 Å². The molecule has 1 aromatic heterocycles. The van der Waals surface area contributed by atoms with Crippen molar-refractivity contribution in [3.05, 3.63) is 27.0 Å². The summed E-state index contributed by atoms with van der Waals surface area (Å²) < 4.78 is 11.8. The van der Waals surface area contributed by atoms with E-state index in [2.05, 4.69) is 4.98 Å². The summed E-state index contributed by atoms with van der Waals surface area (Å²) in [5, 5.41) is 18.7. The molecule has 0 saturated carbocycles. The molecule has 1 fully saturated rings. The zero-order valence-corrected chi connectivity index (χ0v) is 11.1. The van der Waals surface area contributed by atoms with Crippen LogP contribution in [0, 0.1) is 0 Å². The maximum Gasteiger partial charge on any atom is 0.330 e. The van der Waals surface area contributed by atoms with Crippen molar-refractivity contribution in [1.82, 2.24) is 9.55 Å². The van der Waals surface area contributed by atoms with E-state index in [0.717, 1.165) is 11.0 Å². The first-order chi connectivity index (χ1) is 9.56. The highest BCUT2D eigenvalue weighted by molar-refractivity contribution is 5.12. The van der Waals surface area contributed by atoms with Crippen molar-refractivity contribution >= 4 is 0 Å². The number of ether oxygens (including phenoxy) is 2. The number of aromatic nitrogens is 2. The van der Waals surface area contributed by atoms with Crippen molar-refractivity contribution in [3.63, 3.8) is 0 Å². The number of nitrogens with one attached hydrogen (secondary N) is 1. The molecule has 0 amide bonds. The molecule has 0 bridgehead atoms. The molecular formula is C12H18N2O6. The maximum atomic E-state index is 11.8. The largest absolute Gasteiger partial charge is 0.487 e. The van der Waals surface area contributed by atoms with E-state index in [0.29, 0.717) is 6.61 Å². The number of nitrogens with zero attached hydrogens (tertiary/aromatic N) is 1. The molecule has 8 heteroatoms. The Balaban J connectivity index is 2.28. The van der Waals surface area contributed by atoms with Gasteiger partial charge >= 0.3 is 5.69 Å². The fourth-order valence-electron chi connectivity index (χ4n) is 2.05. The van der Waals surface area contributed by atoms with E-state index >= 15 is 0 Å². The topological polar surface area (TPSA) is 114 Å². The summed E-state index contributed by atoms with van der Waals surface area (Å²) in [7, 11) is 0. The van der Waals surface area contributed by atoms with Crippen molar-refractivity contribution in [1.29, 1.82) is 0 Å². The fraction of sp³-hybridized carbons (Fsp3) is 0.667. The number of H-pyrrole nitrogens is 1. The van der Waals surface area contributed by atoms with Crippen LogP contribution in [0.25, 0.3) is 0 Å². The van der Waals surface area contributed by atoms with Gasteiger partial charge < -0.3 is 19.7 Å². The smallest absolute Gasteiger partial charge is 0.330 e. The molecular weight excluding hydrogens is 268 g/mol. The minimum atomic E-state index is -0.858. The molecule has 2 rings (SSSR count). The van der Waals surface area contributed by atoms with E-state index in [1.165, 1.54) is 6.20 Å². The lowest BCUT2D eigenvalue weighted by molar-refractivity contribution is -0.0461. The monoisotopic (exact) mass is 286 g/mol. The SMILES string of the molecule is CCCOc1cn([C@@H]2CC(O)[C@H](CO)O2)c(=O)[nH]c1=O. The Bertz CT molecular complexity index is 566. The van der Waals surface area contributed by atoms with Crippen LogP contribution in [-0.2, 0) is 4.74 Å². The first-order valence-corrected chi connectivity index (χ1v) is 6.49. The van der Waals surface area contributed by atoms with E-state index in [1.54, 1.807) is 0 Å². The predicted octanol–water partition coefficient (Wildman–Crippen LogP) is -1.03. The highest BCUT2D eigenvalue weighted by Gasteiger charge is 2.35. The van der Waals surface area contributed by atoms with E-state index < -0.39 is 29.7 Å². The van der Waals surface area contributed by atoms with Crippen molar-refractivity contribution < 1.29 is 19.7 Å². The summed E-state index contributed by atoms with van der Waals surface area (Å²) in [6.07, 6.45) is -0.180. The van der Waals surface area contributed by atoms with E-state index in [1.807, 2.05) is 6.92 Å². The summed E-state index contributed by atoms with van der Waals surface area (Å²) in [4.78, 5) is 25.5. The van der Waals surface area contributed by atoms with Crippen LogP contribution in [0.1, 0.15) is 26.0 Å². The normalized spacial score (nSPS) is 25.9. The summed E-state index contributed by atoms with van der Waals surface area (Å²) in [6.45, 7) is 1.91. The zero-order valence-electron chi connectivity index (χ0n) is 11.1. The third-order valence-corrected chi connectivity index (χ3v) is 3.09. The van der Waals surface area contributed by atoms with E-state index in [4.69, 9.17) is 14.6 Å². The standard InChI is InChI=1S/C12H18N2O6/c1-2-3-19-8-5-14(12(18)13-11(8)17)10-4-7(16)9(6-15)20-10/h5,7,9-10,15-16H,2-4,6H2,1H3,(H,13,17,18)/t7?,9-,10-/m0/s1. The Labute approximate surface area is 114 Å².